The second kappa shape index (κ2) is 8.30. The molecule has 0 saturated heterocycles. The summed E-state index contributed by atoms with van der Waals surface area (Å²) in [7, 11) is -2.52. The van der Waals surface area contributed by atoms with Gasteiger partial charge in [0.15, 0.2) is 0 Å². The molecule has 6 heteroatoms. The first-order valence-corrected chi connectivity index (χ1v) is 6.13. The maximum Gasteiger partial charge on any atom is 0.367 e. The molecule has 1 unspecified atom stereocenters. The average Bonchev–Trinajstić information content (AvgIpc) is 2.30. The minimum absolute atomic E-state index is 0.0320. The van der Waals surface area contributed by atoms with Crippen molar-refractivity contribution in [3.05, 3.63) is 30.3 Å². The lowest BCUT2D eigenvalue weighted by Gasteiger charge is -2.06. The van der Waals surface area contributed by atoms with E-state index >= 15 is 0 Å². The topological polar surface area (TPSA) is 65.0 Å². The van der Waals surface area contributed by atoms with Crippen LogP contribution in [0.3, 0.4) is 0 Å². The molecule has 1 aromatic carbocycles. The van der Waals surface area contributed by atoms with Gasteiger partial charge in [-0.05, 0) is 12.1 Å². The number of hydrogen-bond donors (Lipinski definition) is 1. The number of aliphatic hydroxyl groups is 1. The van der Waals surface area contributed by atoms with Gasteiger partial charge in [-0.25, -0.2) is 4.57 Å². The van der Waals surface area contributed by atoms with Gasteiger partial charge in [-0.1, -0.05) is 18.2 Å². The summed E-state index contributed by atoms with van der Waals surface area (Å²) in [6.07, 6.45) is 0. The van der Waals surface area contributed by atoms with Crippen LogP contribution in [-0.2, 0) is 13.8 Å². The number of benzene rings is 1. The zero-order valence-corrected chi connectivity index (χ0v) is 9.80. The number of rotatable bonds is 8. The number of para-hydroxylation sites is 1. The molecule has 90 valence electrons. The third-order valence-electron chi connectivity index (χ3n) is 1.63. The summed E-state index contributed by atoms with van der Waals surface area (Å²) in [6, 6.07) is 8.82. The monoisotopic (exact) mass is 246 g/mol. The van der Waals surface area contributed by atoms with Crippen molar-refractivity contribution in [1.29, 1.82) is 0 Å². The molecule has 1 N–H and O–H groups in total. The van der Waals surface area contributed by atoms with Crippen LogP contribution < -0.4 is 4.52 Å². The molecule has 0 amide bonds. The first kappa shape index (κ1) is 13.2. The first-order chi connectivity index (χ1) is 7.83. The normalized spacial score (nSPS) is 12.3. The second-order valence-electron chi connectivity index (χ2n) is 2.85. The maximum absolute atomic E-state index is 11.3. The summed E-state index contributed by atoms with van der Waals surface area (Å²) in [5, 5.41) is 8.42. The van der Waals surface area contributed by atoms with Gasteiger partial charge < -0.3 is 14.4 Å². The summed E-state index contributed by atoms with van der Waals surface area (Å²) in [5.74, 6) is 0.516. The molecule has 0 fully saturated rings. The van der Waals surface area contributed by atoms with E-state index in [4.69, 9.17) is 18.9 Å². The average molecular weight is 246 g/mol. The van der Waals surface area contributed by atoms with Gasteiger partial charge in [0.1, 0.15) is 5.75 Å². The minimum atomic E-state index is -2.52. The molecule has 16 heavy (non-hydrogen) atoms. The summed E-state index contributed by atoms with van der Waals surface area (Å²) >= 11 is 0. The fourth-order valence-electron chi connectivity index (χ4n) is 0.965. The van der Waals surface area contributed by atoms with Crippen molar-refractivity contribution in [1.82, 2.24) is 0 Å². The van der Waals surface area contributed by atoms with Crippen LogP contribution in [0.2, 0.25) is 0 Å². The molecule has 1 rings (SSSR count). The van der Waals surface area contributed by atoms with E-state index in [0.29, 0.717) is 5.75 Å². The van der Waals surface area contributed by atoms with Gasteiger partial charge in [-0.3, -0.25) is 4.52 Å². The van der Waals surface area contributed by atoms with E-state index in [1.54, 1.807) is 24.3 Å². The molecular formula is C10H15O5P. The zero-order chi connectivity index (χ0) is 11.6. The van der Waals surface area contributed by atoms with Gasteiger partial charge in [0.05, 0.1) is 26.4 Å². The van der Waals surface area contributed by atoms with Crippen LogP contribution in [0.15, 0.2) is 30.3 Å². The molecule has 0 heterocycles. The Morgan fingerprint density at radius 3 is 2.56 bits per heavy atom. The lowest BCUT2D eigenvalue weighted by molar-refractivity contribution is 0.0700. The maximum atomic E-state index is 11.3. The van der Waals surface area contributed by atoms with Crippen LogP contribution in [-0.4, -0.2) is 31.5 Å². The predicted molar refractivity (Wildman–Crippen MR) is 59.9 cm³/mol. The molecule has 5 nitrogen and oxygen atoms in total. The van der Waals surface area contributed by atoms with Crippen molar-refractivity contribution in [2.45, 2.75) is 0 Å². The number of aliphatic hydroxyl groups excluding tert-OH is 1. The Labute approximate surface area is 94.9 Å². The highest BCUT2D eigenvalue weighted by Crippen LogP contribution is 2.27. The van der Waals surface area contributed by atoms with Gasteiger partial charge in [-0.2, -0.15) is 0 Å². The number of hydrogen-bond acceptors (Lipinski definition) is 5. The zero-order valence-electron chi connectivity index (χ0n) is 8.80. The van der Waals surface area contributed by atoms with Gasteiger partial charge in [-0.15, -0.1) is 0 Å². The predicted octanol–water partition coefficient (Wildman–Crippen LogP) is 1.48. The quantitative estimate of drug-likeness (QED) is 0.556. The van der Waals surface area contributed by atoms with Crippen molar-refractivity contribution in [2.24, 2.45) is 0 Å². The standard InChI is InChI=1S/C10H15O5P/c11-6-7-13-8-9-14-16(12)15-10-4-2-1-3-5-10/h1-5,11,16H,6-9H2. The first-order valence-electron chi connectivity index (χ1n) is 4.91. The highest BCUT2D eigenvalue weighted by atomic mass is 31.1. The smallest absolute Gasteiger partial charge is 0.367 e. The summed E-state index contributed by atoms with van der Waals surface area (Å²) in [6.45, 7) is 0.694. The van der Waals surface area contributed by atoms with Crippen LogP contribution in [0.4, 0.5) is 0 Å². The number of ether oxygens (including phenoxy) is 1. The molecule has 0 aliphatic carbocycles. The van der Waals surface area contributed by atoms with E-state index < -0.39 is 8.25 Å². The van der Waals surface area contributed by atoms with Gasteiger partial charge in [0.25, 0.3) is 0 Å². The van der Waals surface area contributed by atoms with Crippen molar-refractivity contribution >= 4 is 8.25 Å². The Kier molecular flexibility index (Phi) is 6.85. The Bertz CT molecular complexity index is 303. The second-order valence-corrected chi connectivity index (χ2v) is 3.84. The van der Waals surface area contributed by atoms with E-state index in [2.05, 4.69) is 0 Å². The van der Waals surface area contributed by atoms with E-state index in [0.717, 1.165) is 0 Å². The molecule has 0 aromatic heterocycles. The molecule has 0 bridgehead atoms. The van der Waals surface area contributed by atoms with Crippen LogP contribution in [0, 0.1) is 0 Å². The molecule has 0 aliphatic rings. The van der Waals surface area contributed by atoms with Crippen molar-refractivity contribution in [3.8, 4) is 5.75 Å². The Balaban J connectivity index is 2.12. The van der Waals surface area contributed by atoms with E-state index in [1.807, 2.05) is 6.07 Å². The van der Waals surface area contributed by atoms with Crippen molar-refractivity contribution in [3.63, 3.8) is 0 Å². The largest absolute Gasteiger partial charge is 0.426 e. The fourth-order valence-corrected chi connectivity index (χ4v) is 1.60. The lowest BCUT2D eigenvalue weighted by Crippen LogP contribution is -2.05. The van der Waals surface area contributed by atoms with E-state index in [9.17, 15) is 4.57 Å². The highest BCUT2D eigenvalue weighted by molar-refractivity contribution is 7.33. The Hall–Kier alpha value is -0.870. The van der Waals surface area contributed by atoms with Crippen molar-refractivity contribution in [2.75, 3.05) is 26.4 Å². The Morgan fingerprint density at radius 1 is 1.12 bits per heavy atom. The molecule has 0 saturated carbocycles. The van der Waals surface area contributed by atoms with Gasteiger partial charge in [0.2, 0.25) is 0 Å². The van der Waals surface area contributed by atoms with Gasteiger partial charge in [0, 0.05) is 0 Å². The third kappa shape index (κ3) is 5.88. The van der Waals surface area contributed by atoms with Crippen LogP contribution in [0.5, 0.6) is 5.75 Å². The Morgan fingerprint density at radius 2 is 1.88 bits per heavy atom. The summed E-state index contributed by atoms with van der Waals surface area (Å²) < 4.78 is 26.2. The van der Waals surface area contributed by atoms with Crippen LogP contribution >= 0.6 is 8.25 Å². The molecule has 1 aromatic rings. The minimum Gasteiger partial charge on any atom is -0.426 e. The lowest BCUT2D eigenvalue weighted by atomic mass is 10.3. The summed E-state index contributed by atoms with van der Waals surface area (Å²) in [5.41, 5.74) is 0. The molecule has 0 spiro atoms. The van der Waals surface area contributed by atoms with Crippen LogP contribution in [0.1, 0.15) is 0 Å². The fraction of sp³-hybridized carbons (Fsp3) is 0.400. The third-order valence-corrected chi connectivity index (χ3v) is 2.47. The highest BCUT2D eigenvalue weighted by Gasteiger charge is 2.00. The molecular weight excluding hydrogens is 231 g/mol. The molecule has 0 aliphatic heterocycles. The van der Waals surface area contributed by atoms with E-state index in [1.165, 1.54) is 0 Å². The van der Waals surface area contributed by atoms with Crippen molar-refractivity contribution < 1.29 is 23.5 Å². The molecule has 1 atom stereocenters. The SMILES string of the molecule is O=[PH](OCCOCCO)Oc1ccccc1. The summed E-state index contributed by atoms with van der Waals surface area (Å²) in [4.78, 5) is 0. The van der Waals surface area contributed by atoms with Crippen LogP contribution in [0.25, 0.3) is 0 Å². The van der Waals surface area contributed by atoms with Gasteiger partial charge >= 0.3 is 8.25 Å². The van der Waals surface area contributed by atoms with E-state index in [-0.39, 0.29) is 26.4 Å². The molecule has 0 radical (unpaired) electrons.